The molecule has 0 aromatic rings. The molecule has 1 amide bonds. The van der Waals surface area contributed by atoms with Crippen molar-refractivity contribution >= 4 is 27.6 Å². The lowest BCUT2D eigenvalue weighted by atomic mass is 9.98. The van der Waals surface area contributed by atoms with E-state index in [1.54, 1.807) is 0 Å². The van der Waals surface area contributed by atoms with E-state index in [1.165, 1.54) is 0 Å². The lowest BCUT2D eigenvalue weighted by Crippen LogP contribution is -2.55. The first-order valence-corrected chi connectivity index (χ1v) is 6.50. The van der Waals surface area contributed by atoms with Crippen molar-refractivity contribution in [3.63, 3.8) is 0 Å². The summed E-state index contributed by atoms with van der Waals surface area (Å²) in [5.41, 5.74) is 0. The molecule has 1 aliphatic rings. The number of piperidine rings is 1. The third-order valence-electron chi connectivity index (χ3n) is 2.83. The first kappa shape index (κ1) is 15.4. The van der Waals surface area contributed by atoms with Crippen LogP contribution in [0.25, 0.3) is 0 Å². The number of alkyl halides is 5. The van der Waals surface area contributed by atoms with Crippen molar-refractivity contribution < 1.29 is 27.2 Å². The fraction of sp³-hybridized carbons (Fsp3) is 0.800. The highest BCUT2D eigenvalue weighted by atomic mass is 79.9. The van der Waals surface area contributed by atoms with Gasteiger partial charge < -0.3 is 4.90 Å². The summed E-state index contributed by atoms with van der Waals surface area (Å²) in [5.74, 6) is -7.15. The summed E-state index contributed by atoms with van der Waals surface area (Å²) in [6.07, 6.45) is -2.80. The Morgan fingerprint density at radius 1 is 1.33 bits per heavy atom. The highest BCUT2D eigenvalue weighted by molar-refractivity contribution is 9.09. The van der Waals surface area contributed by atoms with Crippen molar-refractivity contribution in [3.8, 4) is 0 Å². The number of carbonyl (C=O) groups is 2. The standard InChI is InChI=1S/C10H12BrF4NO2/c11-5-7(17)6-3-1-2-4-16(6)9(18)10(14,15)8(12)13/h6,8H,1-5H2. The fourth-order valence-electron chi connectivity index (χ4n) is 1.88. The Morgan fingerprint density at radius 3 is 2.44 bits per heavy atom. The second kappa shape index (κ2) is 5.99. The maximum absolute atomic E-state index is 13.0. The van der Waals surface area contributed by atoms with Crippen molar-refractivity contribution in [2.75, 3.05) is 11.9 Å². The third-order valence-corrected chi connectivity index (χ3v) is 3.38. The van der Waals surface area contributed by atoms with E-state index in [0.717, 1.165) is 0 Å². The molecule has 18 heavy (non-hydrogen) atoms. The first-order valence-electron chi connectivity index (χ1n) is 5.38. The molecule has 0 bridgehead atoms. The van der Waals surface area contributed by atoms with Crippen LogP contribution in [0.3, 0.4) is 0 Å². The number of carbonyl (C=O) groups excluding carboxylic acids is 2. The van der Waals surface area contributed by atoms with Gasteiger partial charge in [-0.3, -0.25) is 9.59 Å². The maximum atomic E-state index is 13.0. The van der Waals surface area contributed by atoms with Gasteiger partial charge in [0, 0.05) is 6.54 Å². The molecular formula is C10H12BrF4NO2. The van der Waals surface area contributed by atoms with Gasteiger partial charge in [-0.15, -0.1) is 0 Å². The van der Waals surface area contributed by atoms with Crippen LogP contribution in [-0.4, -0.2) is 46.9 Å². The summed E-state index contributed by atoms with van der Waals surface area (Å²) in [4.78, 5) is 23.5. The Hall–Kier alpha value is -0.660. The van der Waals surface area contributed by atoms with Gasteiger partial charge in [-0.25, -0.2) is 8.78 Å². The zero-order valence-electron chi connectivity index (χ0n) is 9.34. The predicted octanol–water partition coefficient (Wildman–Crippen LogP) is 2.23. The zero-order chi connectivity index (χ0) is 13.9. The second-order valence-corrected chi connectivity index (χ2v) is 4.59. The quantitative estimate of drug-likeness (QED) is 0.584. The topological polar surface area (TPSA) is 37.4 Å². The molecule has 1 aliphatic heterocycles. The van der Waals surface area contributed by atoms with Crippen LogP contribution in [0.15, 0.2) is 0 Å². The molecule has 1 atom stereocenters. The lowest BCUT2D eigenvalue weighted by molar-refractivity contribution is -0.184. The molecule has 8 heteroatoms. The van der Waals surface area contributed by atoms with Crippen LogP contribution in [0.1, 0.15) is 19.3 Å². The van der Waals surface area contributed by atoms with Gasteiger partial charge in [0.25, 0.3) is 5.91 Å². The van der Waals surface area contributed by atoms with E-state index in [9.17, 15) is 27.2 Å². The largest absolute Gasteiger partial charge is 0.383 e. The number of halogens is 5. The highest BCUT2D eigenvalue weighted by Crippen LogP contribution is 2.29. The number of nitrogens with zero attached hydrogens (tertiary/aromatic N) is 1. The van der Waals surface area contributed by atoms with Crippen molar-refractivity contribution in [2.45, 2.75) is 37.7 Å². The molecule has 1 fully saturated rings. The molecule has 0 N–H and O–H groups in total. The second-order valence-electron chi connectivity index (χ2n) is 4.03. The van der Waals surface area contributed by atoms with E-state index in [2.05, 4.69) is 15.9 Å². The molecule has 0 aliphatic carbocycles. The van der Waals surface area contributed by atoms with Crippen LogP contribution in [0, 0.1) is 0 Å². The van der Waals surface area contributed by atoms with Crippen LogP contribution >= 0.6 is 15.9 Å². The number of rotatable bonds is 4. The van der Waals surface area contributed by atoms with Gasteiger partial charge in [-0.2, -0.15) is 8.78 Å². The number of Topliss-reactive ketones (excluding diaryl/α,β-unsaturated/α-hetero) is 1. The highest BCUT2D eigenvalue weighted by Gasteiger charge is 2.53. The van der Waals surface area contributed by atoms with Gasteiger partial charge in [0.2, 0.25) is 0 Å². The molecular weight excluding hydrogens is 322 g/mol. The van der Waals surface area contributed by atoms with Crippen LogP contribution in [0.4, 0.5) is 17.6 Å². The van der Waals surface area contributed by atoms with Gasteiger partial charge in [0.05, 0.1) is 11.4 Å². The average Bonchev–Trinajstić information content (AvgIpc) is 2.36. The van der Waals surface area contributed by atoms with E-state index >= 15 is 0 Å². The molecule has 0 radical (unpaired) electrons. The lowest BCUT2D eigenvalue weighted by Gasteiger charge is -2.36. The molecule has 0 spiro atoms. The molecule has 1 saturated heterocycles. The number of amides is 1. The SMILES string of the molecule is O=C(CBr)C1CCCCN1C(=O)C(F)(F)C(F)F. The van der Waals surface area contributed by atoms with E-state index < -0.39 is 30.1 Å². The Labute approximate surface area is 110 Å². The van der Waals surface area contributed by atoms with Gasteiger partial charge in [-0.05, 0) is 19.3 Å². The minimum atomic E-state index is -4.73. The summed E-state index contributed by atoms with van der Waals surface area (Å²) < 4.78 is 50.3. The normalized spacial score (nSPS) is 21.2. The number of ketones is 1. The minimum absolute atomic E-state index is 0.0927. The summed E-state index contributed by atoms with van der Waals surface area (Å²) in [6.45, 7) is -0.0927. The van der Waals surface area contributed by atoms with Crippen LogP contribution < -0.4 is 0 Å². The van der Waals surface area contributed by atoms with E-state index in [4.69, 9.17) is 0 Å². The Bertz CT molecular complexity index is 338. The Morgan fingerprint density at radius 2 is 1.94 bits per heavy atom. The molecule has 1 rings (SSSR count). The van der Waals surface area contributed by atoms with Crippen LogP contribution in [0.5, 0.6) is 0 Å². The number of hydrogen-bond donors (Lipinski definition) is 0. The average molecular weight is 334 g/mol. The number of hydrogen-bond acceptors (Lipinski definition) is 2. The van der Waals surface area contributed by atoms with Gasteiger partial charge in [0.15, 0.2) is 5.78 Å². The van der Waals surface area contributed by atoms with E-state index in [1.807, 2.05) is 0 Å². The van der Waals surface area contributed by atoms with Gasteiger partial charge >= 0.3 is 12.3 Å². The monoisotopic (exact) mass is 333 g/mol. The minimum Gasteiger partial charge on any atom is -0.327 e. The maximum Gasteiger partial charge on any atom is 0.383 e. The van der Waals surface area contributed by atoms with Crippen molar-refractivity contribution in [1.29, 1.82) is 0 Å². The van der Waals surface area contributed by atoms with Gasteiger partial charge in [0.1, 0.15) is 0 Å². The summed E-state index contributed by atoms with van der Waals surface area (Å²) in [6, 6.07) is -1.03. The van der Waals surface area contributed by atoms with Crippen molar-refractivity contribution in [1.82, 2.24) is 4.90 Å². The van der Waals surface area contributed by atoms with Crippen LogP contribution in [0.2, 0.25) is 0 Å². The van der Waals surface area contributed by atoms with E-state index in [0.29, 0.717) is 17.7 Å². The fourth-order valence-corrected chi connectivity index (χ4v) is 2.26. The molecule has 0 aromatic carbocycles. The summed E-state index contributed by atoms with van der Waals surface area (Å²) in [5, 5.41) is -0.0955. The Balaban J connectivity index is 2.90. The molecule has 1 unspecified atom stereocenters. The number of likely N-dealkylation sites (tertiary alicyclic amines) is 1. The van der Waals surface area contributed by atoms with Gasteiger partial charge in [-0.1, -0.05) is 15.9 Å². The molecule has 1 heterocycles. The smallest absolute Gasteiger partial charge is 0.327 e. The molecule has 0 aromatic heterocycles. The molecule has 104 valence electrons. The Kier molecular flexibility index (Phi) is 5.12. The molecule has 0 saturated carbocycles. The van der Waals surface area contributed by atoms with E-state index in [-0.39, 0.29) is 18.3 Å². The predicted molar refractivity (Wildman–Crippen MR) is 59.1 cm³/mol. The summed E-state index contributed by atoms with van der Waals surface area (Å²) in [7, 11) is 0. The summed E-state index contributed by atoms with van der Waals surface area (Å²) >= 11 is 2.88. The zero-order valence-corrected chi connectivity index (χ0v) is 10.9. The van der Waals surface area contributed by atoms with Crippen molar-refractivity contribution in [2.24, 2.45) is 0 Å². The molecule has 3 nitrogen and oxygen atoms in total. The third kappa shape index (κ3) is 3.02. The van der Waals surface area contributed by atoms with Crippen molar-refractivity contribution in [3.05, 3.63) is 0 Å². The first-order chi connectivity index (χ1) is 8.32. The van der Waals surface area contributed by atoms with Crippen LogP contribution in [-0.2, 0) is 9.59 Å².